The fourth-order valence-electron chi connectivity index (χ4n) is 1.92. The van der Waals surface area contributed by atoms with Crippen molar-refractivity contribution in [2.45, 2.75) is 0 Å². The molecule has 0 atom stereocenters. The van der Waals surface area contributed by atoms with Crippen LogP contribution in [-0.2, 0) is 9.53 Å². The van der Waals surface area contributed by atoms with Crippen LogP contribution in [0.2, 0.25) is 5.02 Å². The number of carbonyl (C=O) groups excluding carboxylic acids is 1. The van der Waals surface area contributed by atoms with E-state index in [0.29, 0.717) is 11.4 Å². The fourth-order valence-corrected chi connectivity index (χ4v) is 2.12. The van der Waals surface area contributed by atoms with Crippen LogP contribution in [0.3, 0.4) is 0 Å². The van der Waals surface area contributed by atoms with Gasteiger partial charge in [0.2, 0.25) is 5.91 Å². The van der Waals surface area contributed by atoms with Gasteiger partial charge in [-0.25, -0.2) is 4.79 Å². The Labute approximate surface area is 149 Å². The molecule has 0 saturated carbocycles. The maximum atomic E-state index is 11.9. The van der Waals surface area contributed by atoms with Crippen molar-refractivity contribution in [3.8, 4) is 5.75 Å². The van der Waals surface area contributed by atoms with Gasteiger partial charge in [0.15, 0.2) is 6.79 Å². The van der Waals surface area contributed by atoms with Crippen molar-refractivity contribution >= 4 is 35.2 Å². The van der Waals surface area contributed by atoms with Gasteiger partial charge in [0.1, 0.15) is 5.75 Å². The molecule has 130 valence electrons. The average Bonchev–Trinajstić information content (AvgIpc) is 2.60. The number of carboxylic acids is 1. The van der Waals surface area contributed by atoms with Crippen LogP contribution in [-0.4, -0.2) is 30.9 Å². The number of methoxy groups -OCH3 is 1. The zero-order chi connectivity index (χ0) is 18.2. The van der Waals surface area contributed by atoms with Gasteiger partial charge in [-0.15, -0.1) is 0 Å². The largest absolute Gasteiger partial charge is 0.478 e. The molecule has 0 radical (unpaired) electrons. The van der Waals surface area contributed by atoms with Gasteiger partial charge in [-0.3, -0.25) is 4.79 Å². The molecule has 1 amide bonds. The van der Waals surface area contributed by atoms with E-state index in [4.69, 9.17) is 26.2 Å². The molecule has 2 N–H and O–H groups in total. The lowest BCUT2D eigenvalue weighted by atomic mass is 10.2. The van der Waals surface area contributed by atoms with Crippen molar-refractivity contribution in [3.63, 3.8) is 0 Å². The molecular weight excluding hydrogens is 346 g/mol. The third-order valence-electron chi connectivity index (χ3n) is 3.12. The first-order valence-corrected chi connectivity index (χ1v) is 7.61. The third kappa shape index (κ3) is 5.63. The molecule has 6 nitrogen and oxygen atoms in total. The molecule has 7 heteroatoms. The van der Waals surface area contributed by atoms with Gasteiger partial charge in [-0.2, -0.15) is 0 Å². The van der Waals surface area contributed by atoms with E-state index in [2.05, 4.69) is 5.32 Å². The Kier molecular flexibility index (Phi) is 6.56. The SMILES string of the molecule is COCOc1ccc(/C=C/C(=O)Nc2ccc(Cl)c(C(=O)O)c2)cc1. The fraction of sp³-hybridized carbons (Fsp3) is 0.111. The first-order chi connectivity index (χ1) is 12.0. The van der Waals surface area contributed by atoms with Crippen molar-refractivity contribution in [3.05, 3.63) is 64.7 Å². The van der Waals surface area contributed by atoms with Crippen molar-refractivity contribution in [1.29, 1.82) is 0 Å². The number of rotatable bonds is 7. The topological polar surface area (TPSA) is 84.9 Å². The Morgan fingerprint density at radius 1 is 1.20 bits per heavy atom. The van der Waals surface area contributed by atoms with Gasteiger partial charge in [-0.1, -0.05) is 23.7 Å². The summed E-state index contributed by atoms with van der Waals surface area (Å²) in [6, 6.07) is 11.4. The molecule has 2 aromatic carbocycles. The minimum Gasteiger partial charge on any atom is -0.478 e. The number of amides is 1. The molecule has 2 rings (SSSR count). The highest BCUT2D eigenvalue weighted by Crippen LogP contribution is 2.20. The van der Waals surface area contributed by atoms with Crippen LogP contribution >= 0.6 is 11.6 Å². The molecule has 0 spiro atoms. The van der Waals surface area contributed by atoms with Crippen LogP contribution in [0.4, 0.5) is 5.69 Å². The quantitative estimate of drug-likeness (QED) is 0.580. The molecule has 0 saturated heterocycles. The smallest absolute Gasteiger partial charge is 0.337 e. The van der Waals surface area contributed by atoms with Crippen molar-refractivity contribution in [2.24, 2.45) is 0 Å². The predicted molar refractivity (Wildman–Crippen MR) is 95.0 cm³/mol. The molecule has 0 unspecified atom stereocenters. The Hall–Kier alpha value is -2.83. The van der Waals surface area contributed by atoms with Crippen molar-refractivity contribution < 1.29 is 24.2 Å². The normalized spacial score (nSPS) is 10.6. The molecular formula is C18H16ClNO5. The summed E-state index contributed by atoms with van der Waals surface area (Å²) < 4.78 is 10.1. The number of ether oxygens (including phenoxy) is 2. The summed E-state index contributed by atoms with van der Waals surface area (Å²) in [5.41, 5.74) is 1.08. The van der Waals surface area contributed by atoms with E-state index >= 15 is 0 Å². The second kappa shape index (κ2) is 8.86. The van der Waals surface area contributed by atoms with Gasteiger partial charge in [0.05, 0.1) is 10.6 Å². The van der Waals surface area contributed by atoms with Crippen molar-refractivity contribution in [1.82, 2.24) is 0 Å². The lowest BCUT2D eigenvalue weighted by Gasteiger charge is -2.05. The number of carboxylic acid groups (broad SMARTS) is 1. The third-order valence-corrected chi connectivity index (χ3v) is 3.44. The number of halogens is 1. The highest BCUT2D eigenvalue weighted by molar-refractivity contribution is 6.33. The summed E-state index contributed by atoms with van der Waals surface area (Å²) >= 11 is 5.79. The molecule has 0 aliphatic carbocycles. The summed E-state index contributed by atoms with van der Waals surface area (Å²) in [5.74, 6) is -0.892. The molecule has 0 aliphatic rings. The van der Waals surface area contributed by atoms with Crippen LogP contribution in [0.5, 0.6) is 5.75 Å². The summed E-state index contributed by atoms with van der Waals surface area (Å²) in [4.78, 5) is 23.0. The number of benzene rings is 2. The molecule has 0 heterocycles. The average molecular weight is 362 g/mol. The van der Waals surface area contributed by atoms with E-state index in [1.54, 1.807) is 30.3 Å². The molecule has 25 heavy (non-hydrogen) atoms. The first kappa shape index (κ1) is 18.5. The molecule has 0 bridgehead atoms. The Morgan fingerprint density at radius 2 is 1.92 bits per heavy atom. The zero-order valence-corrected chi connectivity index (χ0v) is 14.1. The minimum absolute atomic E-state index is 0.0740. The summed E-state index contributed by atoms with van der Waals surface area (Å²) in [5, 5.41) is 11.7. The highest BCUT2D eigenvalue weighted by atomic mass is 35.5. The lowest BCUT2D eigenvalue weighted by Crippen LogP contribution is -2.09. The van der Waals surface area contributed by atoms with Crippen molar-refractivity contribution in [2.75, 3.05) is 19.2 Å². The molecule has 2 aromatic rings. The maximum Gasteiger partial charge on any atom is 0.337 e. The van der Waals surface area contributed by atoms with Crippen LogP contribution < -0.4 is 10.1 Å². The molecule has 0 fully saturated rings. The number of anilines is 1. The monoisotopic (exact) mass is 361 g/mol. The van der Waals surface area contributed by atoms with Crippen LogP contribution in [0.25, 0.3) is 6.08 Å². The standard InChI is InChI=1S/C18H16ClNO5/c1-24-11-25-14-6-2-12(3-7-14)4-9-17(21)20-13-5-8-16(19)15(10-13)18(22)23/h2-10H,11H2,1H3,(H,20,21)(H,22,23)/b9-4+. The summed E-state index contributed by atoms with van der Waals surface area (Å²) in [6.45, 7) is 0.164. The van der Waals surface area contributed by atoms with E-state index in [9.17, 15) is 9.59 Å². The number of nitrogens with one attached hydrogen (secondary N) is 1. The van der Waals surface area contributed by atoms with Gasteiger partial charge in [0.25, 0.3) is 0 Å². The minimum atomic E-state index is -1.16. The van der Waals surface area contributed by atoms with E-state index in [1.807, 2.05) is 0 Å². The van der Waals surface area contributed by atoms with E-state index in [-0.39, 0.29) is 17.4 Å². The number of hydrogen-bond acceptors (Lipinski definition) is 4. The highest BCUT2D eigenvalue weighted by Gasteiger charge is 2.10. The number of hydrogen-bond donors (Lipinski definition) is 2. The zero-order valence-electron chi connectivity index (χ0n) is 13.4. The van der Waals surface area contributed by atoms with E-state index in [0.717, 1.165) is 5.56 Å². The Morgan fingerprint density at radius 3 is 2.56 bits per heavy atom. The van der Waals surface area contributed by atoms with Gasteiger partial charge < -0.3 is 19.9 Å². The van der Waals surface area contributed by atoms with Gasteiger partial charge >= 0.3 is 5.97 Å². The Bertz CT molecular complexity index is 787. The van der Waals surface area contributed by atoms with Crippen LogP contribution in [0.15, 0.2) is 48.5 Å². The van der Waals surface area contributed by atoms with Crippen LogP contribution in [0, 0.1) is 0 Å². The van der Waals surface area contributed by atoms with E-state index < -0.39 is 11.9 Å². The van der Waals surface area contributed by atoms with Gasteiger partial charge in [-0.05, 0) is 42.0 Å². The summed E-state index contributed by atoms with van der Waals surface area (Å²) in [6.07, 6.45) is 2.98. The second-order valence-electron chi connectivity index (χ2n) is 4.94. The van der Waals surface area contributed by atoms with Gasteiger partial charge in [0, 0.05) is 18.9 Å². The lowest BCUT2D eigenvalue weighted by molar-refractivity contribution is -0.111. The second-order valence-corrected chi connectivity index (χ2v) is 5.35. The maximum absolute atomic E-state index is 11.9. The summed E-state index contributed by atoms with van der Waals surface area (Å²) in [7, 11) is 1.54. The molecule has 0 aliphatic heterocycles. The molecule has 0 aromatic heterocycles. The van der Waals surface area contributed by atoms with Crippen LogP contribution in [0.1, 0.15) is 15.9 Å². The number of aromatic carboxylic acids is 1. The Balaban J connectivity index is 1.99. The van der Waals surface area contributed by atoms with E-state index in [1.165, 1.54) is 31.4 Å². The predicted octanol–water partition coefficient (Wildman–Crippen LogP) is 3.67. The first-order valence-electron chi connectivity index (χ1n) is 7.23. The number of carbonyl (C=O) groups is 2.